The summed E-state index contributed by atoms with van der Waals surface area (Å²) in [6, 6.07) is 1.86. The average molecular weight is 282 g/mol. The highest BCUT2D eigenvalue weighted by Gasteiger charge is 2.41. The number of hydrogen-bond donors (Lipinski definition) is 0. The van der Waals surface area contributed by atoms with E-state index in [0.717, 1.165) is 30.4 Å². The Balaban J connectivity index is 2.64. The molecule has 0 unspecified atom stereocenters. The van der Waals surface area contributed by atoms with Crippen LogP contribution in [0.25, 0.3) is 0 Å². The van der Waals surface area contributed by atoms with Crippen molar-refractivity contribution in [3.8, 4) is 11.5 Å². The molecule has 0 aromatic heterocycles. The lowest BCUT2D eigenvalue weighted by Gasteiger charge is -2.38. The average Bonchev–Trinajstić information content (AvgIpc) is 2.37. The fourth-order valence-electron chi connectivity index (χ4n) is 2.57. The second-order valence-corrected chi connectivity index (χ2v) is 5.06. The van der Waals surface area contributed by atoms with E-state index in [1.807, 2.05) is 13.0 Å². The van der Waals surface area contributed by atoms with Crippen molar-refractivity contribution in [3.63, 3.8) is 0 Å². The Morgan fingerprint density at radius 1 is 1.37 bits per heavy atom. The number of ether oxygens (including phenoxy) is 2. The quantitative estimate of drug-likeness (QED) is 0.628. The molecule has 0 radical (unpaired) electrons. The summed E-state index contributed by atoms with van der Waals surface area (Å²) >= 11 is 6.32. The number of halogens is 1. The number of methoxy groups -OCH3 is 2. The minimum absolute atomic E-state index is 0.491. The molecule has 1 aliphatic carbocycles. The predicted molar refractivity (Wildman–Crippen MR) is 72.9 cm³/mol. The molecule has 1 saturated carbocycles. The molecule has 2 rings (SSSR count). The van der Waals surface area contributed by atoms with Crippen molar-refractivity contribution in [2.24, 2.45) is 4.99 Å². The monoisotopic (exact) mass is 281 g/mol. The maximum Gasteiger partial charge on any atom is 0.235 e. The predicted octanol–water partition coefficient (Wildman–Crippen LogP) is 3.38. The number of rotatable bonds is 4. The normalized spacial score (nSPS) is 16.2. The first-order valence-electron chi connectivity index (χ1n) is 6.10. The topological polar surface area (TPSA) is 47.9 Å². The smallest absolute Gasteiger partial charge is 0.235 e. The van der Waals surface area contributed by atoms with Crippen LogP contribution in [0.5, 0.6) is 11.5 Å². The first kappa shape index (κ1) is 13.9. The minimum Gasteiger partial charge on any atom is -0.493 e. The molecule has 0 saturated heterocycles. The summed E-state index contributed by atoms with van der Waals surface area (Å²) in [6.45, 7) is 1.90. The maximum atomic E-state index is 10.7. The van der Waals surface area contributed by atoms with E-state index in [4.69, 9.17) is 21.1 Å². The van der Waals surface area contributed by atoms with Gasteiger partial charge in [-0.2, -0.15) is 4.99 Å². The van der Waals surface area contributed by atoms with Gasteiger partial charge in [-0.1, -0.05) is 11.6 Å². The van der Waals surface area contributed by atoms with Gasteiger partial charge in [0, 0.05) is 0 Å². The van der Waals surface area contributed by atoms with Crippen molar-refractivity contribution in [3.05, 3.63) is 22.2 Å². The molecule has 0 spiro atoms. The molecule has 102 valence electrons. The van der Waals surface area contributed by atoms with Gasteiger partial charge in [-0.15, -0.1) is 0 Å². The van der Waals surface area contributed by atoms with Gasteiger partial charge in [0.15, 0.2) is 11.5 Å². The van der Waals surface area contributed by atoms with Gasteiger partial charge in [0.25, 0.3) is 0 Å². The molecule has 0 aliphatic heterocycles. The molecule has 4 nitrogen and oxygen atoms in total. The molecule has 0 bridgehead atoms. The summed E-state index contributed by atoms with van der Waals surface area (Å²) in [4.78, 5) is 14.7. The third-order valence-electron chi connectivity index (χ3n) is 3.80. The van der Waals surface area contributed by atoms with Crippen LogP contribution in [0.3, 0.4) is 0 Å². The van der Waals surface area contributed by atoms with Crippen LogP contribution in [0.4, 0.5) is 0 Å². The highest BCUT2D eigenvalue weighted by molar-refractivity contribution is 6.33. The molecule has 1 aliphatic rings. The highest BCUT2D eigenvalue weighted by Crippen LogP contribution is 2.50. The second kappa shape index (κ2) is 5.24. The zero-order chi connectivity index (χ0) is 14.0. The lowest BCUT2D eigenvalue weighted by atomic mass is 9.71. The zero-order valence-electron chi connectivity index (χ0n) is 11.2. The van der Waals surface area contributed by atoms with E-state index in [1.54, 1.807) is 20.3 Å². The first-order chi connectivity index (χ1) is 9.09. The van der Waals surface area contributed by atoms with Crippen molar-refractivity contribution >= 4 is 17.7 Å². The first-order valence-corrected chi connectivity index (χ1v) is 6.48. The molecular formula is C14H16ClNO3. The SMILES string of the molecule is COc1cc(C2(N=C=O)CCC2)c(C)c(Cl)c1OC. The number of nitrogens with zero attached hydrogens (tertiary/aromatic N) is 1. The van der Waals surface area contributed by atoms with Crippen LogP contribution in [0.1, 0.15) is 30.4 Å². The molecule has 0 N–H and O–H groups in total. The van der Waals surface area contributed by atoms with E-state index in [-0.39, 0.29) is 0 Å². The van der Waals surface area contributed by atoms with Gasteiger partial charge in [-0.25, -0.2) is 4.79 Å². The second-order valence-electron chi connectivity index (χ2n) is 4.69. The Labute approximate surface area is 117 Å². The standard InChI is InChI=1S/C14H16ClNO3/c1-9-10(14(16-8-17)5-4-6-14)7-11(18-2)13(19-3)12(9)15/h7H,4-6H2,1-3H3. The fourth-order valence-corrected chi connectivity index (χ4v) is 2.84. The molecule has 1 aromatic carbocycles. The molecule has 19 heavy (non-hydrogen) atoms. The van der Waals surface area contributed by atoms with Gasteiger partial charge in [-0.05, 0) is 43.4 Å². The molecule has 0 amide bonds. The molecule has 1 fully saturated rings. The largest absolute Gasteiger partial charge is 0.493 e. The third-order valence-corrected chi connectivity index (χ3v) is 4.25. The van der Waals surface area contributed by atoms with Gasteiger partial charge in [-0.3, -0.25) is 0 Å². The lowest BCUT2D eigenvalue weighted by Crippen LogP contribution is -2.32. The minimum atomic E-state index is -0.491. The van der Waals surface area contributed by atoms with E-state index in [2.05, 4.69) is 4.99 Å². The van der Waals surface area contributed by atoms with Gasteiger partial charge < -0.3 is 9.47 Å². The summed E-state index contributed by atoms with van der Waals surface area (Å²) in [5.41, 5.74) is 1.30. The van der Waals surface area contributed by atoms with Gasteiger partial charge >= 0.3 is 0 Å². The van der Waals surface area contributed by atoms with Crippen LogP contribution in [-0.2, 0) is 10.3 Å². The highest BCUT2D eigenvalue weighted by atomic mass is 35.5. The van der Waals surface area contributed by atoms with E-state index in [9.17, 15) is 4.79 Å². The molecule has 1 aromatic rings. The summed E-state index contributed by atoms with van der Waals surface area (Å²) in [6.07, 6.45) is 4.38. The van der Waals surface area contributed by atoms with E-state index < -0.39 is 5.54 Å². The summed E-state index contributed by atoms with van der Waals surface area (Å²) in [7, 11) is 3.11. The summed E-state index contributed by atoms with van der Waals surface area (Å²) < 4.78 is 10.6. The van der Waals surface area contributed by atoms with Crippen molar-refractivity contribution in [1.82, 2.24) is 0 Å². The Hall–Kier alpha value is -1.51. The van der Waals surface area contributed by atoms with Crippen LogP contribution in [0, 0.1) is 6.92 Å². The number of benzene rings is 1. The molecule has 0 atom stereocenters. The van der Waals surface area contributed by atoms with Crippen molar-refractivity contribution in [2.45, 2.75) is 31.7 Å². The lowest BCUT2D eigenvalue weighted by molar-refractivity contribution is 0.253. The molecular weight excluding hydrogens is 266 g/mol. The number of carbonyl (C=O) groups excluding carboxylic acids is 1. The van der Waals surface area contributed by atoms with Crippen molar-refractivity contribution in [2.75, 3.05) is 14.2 Å². The summed E-state index contributed by atoms with van der Waals surface area (Å²) in [5, 5.41) is 0.504. The van der Waals surface area contributed by atoms with Crippen molar-refractivity contribution in [1.29, 1.82) is 0 Å². The Kier molecular flexibility index (Phi) is 3.83. The number of isocyanates is 1. The van der Waals surface area contributed by atoms with Gasteiger partial charge in [0.2, 0.25) is 6.08 Å². The van der Waals surface area contributed by atoms with E-state index in [1.165, 1.54) is 0 Å². The molecule has 0 heterocycles. The Bertz CT molecular complexity index is 546. The van der Waals surface area contributed by atoms with Crippen LogP contribution in [-0.4, -0.2) is 20.3 Å². The Morgan fingerprint density at radius 2 is 2.05 bits per heavy atom. The summed E-state index contributed by atoms with van der Waals surface area (Å²) in [5.74, 6) is 1.07. The zero-order valence-corrected chi connectivity index (χ0v) is 12.0. The van der Waals surface area contributed by atoms with E-state index >= 15 is 0 Å². The van der Waals surface area contributed by atoms with Crippen LogP contribution in [0.2, 0.25) is 5.02 Å². The van der Waals surface area contributed by atoms with E-state index in [0.29, 0.717) is 16.5 Å². The Morgan fingerprint density at radius 3 is 2.47 bits per heavy atom. The van der Waals surface area contributed by atoms with Crippen LogP contribution >= 0.6 is 11.6 Å². The van der Waals surface area contributed by atoms with Gasteiger partial charge in [0.1, 0.15) is 0 Å². The van der Waals surface area contributed by atoms with Crippen LogP contribution in [0.15, 0.2) is 11.1 Å². The van der Waals surface area contributed by atoms with Crippen molar-refractivity contribution < 1.29 is 14.3 Å². The van der Waals surface area contributed by atoms with Crippen LogP contribution < -0.4 is 9.47 Å². The number of hydrogen-bond acceptors (Lipinski definition) is 4. The number of aliphatic imine (C=N–C) groups is 1. The maximum absolute atomic E-state index is 10.7. The molecule has 5 heteroatoms. The fraction of sp³-hybridized carbons (Fsp3) is 0.500. The van der Waals surface area contributed by atoms with Gasteiger partial charge in [0.05, 0.1) is 24.8 Å². The third kappa shape index (κ3) is 2.11.